The first kappa shape index (κ1) is 14.2. The smallest absolute Gasteiger partial charge is 0.422 e. The normalized spacial score (nSPS) is 12.1. The summed E-state index contributed by atoms with van der Waals surface area (Å²) in [5.41, 5.74) is 0. The minimum atomic E-state index is -4.35. The molecule has 0 amide bonds. The molecule has 0 aliphatic carbocycles. The monoisotopic (exact) mass is 269 g/mol. The lowest BCUT2D eigenvalue weighted by Gasteiger charge is -2.05. The van der Waals surface area contributed by atoms with Crippen LogP contribution in [0.15, 0.2) is 0 Å². The van der Waals surface area contributed by atoms with Gasteiger partial charge in [-0.3, -0.25) is 0 Å². The Morgan fingerprint density at radius 3 is 2.65 bits per heavy atom. The van der Waals surface area contributed by atoms with Crippen LogP contribution in [0.3, 0.4) is 0 Å². The van der Waals surface area contributed by atoms with Crippen LogP contribution in [-0.2, 0) is 6.54 Å². The van der Waals surface area contributed by atoms with Crippen LogP contribution in [0.5, 0.6) is 5.19 Å². The quantitative estimate of drug-likeness (QED) is 0.860. The van der Waals surface area contributed by atoms with Crippen molar-refractivity contribution in [3.8, 4) is 5.19 Å². The zero-order valence-corrected chi connectivity index (χ0v) is 10.4. The van der Waals surface area contributed by atoms with Gasteiger partial charge in [-0.2, -0.15) is 13.2 Å². The van der Waals surface area contributed by atoms with Gasteiger partial charge in [0.05, 0.1) is 0 Å². The molecule has 0 bridgehead atoms. The third kappa shape index (κ3) is 6.42. The minimum absolute atomic E-state index is 0.0522. The predicted octanol–water partition coefficient (Wildman–Crippen LogP) is 2.22. The van der Waals surface area contributed by atoms with Gasteiger partial charge in [0, 0.05) is 6.54 Å². The standard InChI is InChI=1S/C9H14F3N3OS/c1-6(2)3-13-4-7-14-15-8(17-7)16-5-9(10,11)12/h6,13H,3-5H2,1-2H3. The molecule has 4 nitrogen and oxygen atoms in total. The van der Waals surface area contributed by atoms with Gasteiger partial charge in [-0.25, -0.2) is 0 Å². The molecule has 0 aliphatic rings. The van der Waals surface area contributed by atoms with Gasteiger partial charge in [-0.05, 0) is 12.5 Å². The SMILES string of the molecule is CC(C)CNCc1nnc(OCC(F)(F)F)s1. The fourth-order valence-corrected chi connectivity index (χ4v) is 1.64. The van der Waals surface area contributed by atoms with Crippen LogP contribution in [0, 0.1) is 5.92 Å². The fourth-order valence-electron chi connectivity index (χ4n) is 0.979. The third-order valence-corrected chi connectivity index (χ3v) is 2.47. The number of ether oxygens (including phenoxy) is 1. The number of alkyl halides is 3. The summed E-state index contributed by atoms with van der Waals surface area (Å²) in [6.45, 7) is 4.10. The van der Waals surface area contributed by atoms with E-state index in [0.717, 1.165) is 17.9 Å². The summed E-state index contributed by atoms with van der Waals surface area (Å²) in [5, 5.41) is 10.9. The summed E-state index contributed by atoms with van der Waals surface area (Å²) in [6, 6.07) is 0. The van der Waals surface area contributed by atoms with Crippen LogP contribution in [0.25, 0.3) is 0 Å². The molecule has 1 N–H and O–H groups in total. The van der Waals surface area contributed by atoms with Crippen molar-refractivity contribution in [2.24, 2.45) is 5.92 Å². The van der Waals surface area contributed by atoms with E-state index in [1.165, 1.54) is 0 Å². The molecule has 1 aromatic rings. The Hall–Kier alpha value is -0.890. The number of aromatic nitrogens is 2. The highest BCUT2D eigenvalue weighted by atomic mass is 32.1. The molecular weight excluding hydrogens is 255 g/mol. The van der Waals surface area contributed by atoms with E-state index < -0.39 is 12.8 Å². The molecule has 0 fully saturated rings. The zero-order valence-electron chi connectivity index (χ0n) is 9.54. The molecule has 0 spiro atoms. The molecule has 0 aromatic carbocycles. The molecule has 0 saturated heterocycles. The summed E-state index contributed by atoms with van der Waals surface area (Å²) in [4.78, 5) is 0. The average molecular weight is 269 g/mol. The average Bonchev–Trinajstić information content (AvgIpc) is 2.61. The number of hydrogen-bond acceptors (Lipinski definition) is 5. The molecule has 1 heterocycles. The number of hydrogen-bond donors (Lipinski definition) is 1. The van der Waals surface area contributed by atoms with E-state index in [4.69, 9.17) is 0 Å². The lowest BCUT2D eigenvalue weighted by Crippen LogP contribution is -2.19. The Morgan fingerprint density at radius 2 is 2.06 bits per heavy atom. The van der Waals surface area contributed by atoms with Crippen molar-refractivity contribution in [2.75, 3.05) is 13.2 Å². The van der Waals surface area contributed by atoms with Gasteiger partial charge < -0.3 is 10.1 Å². The Balaban J connectivity index is 2.32. The van der Waals surface area contributed by atoms with Crippen LogP contribution in [0.2, 0.25) is 0 Å². The summed E-state index contributed by atoms with van der Waals surface area (Å²) < 4.78 is 40.0. The second kappa shape index (κ2) is 6.15. The van der Waals surface area contributed by atoms with Gasteiger partial charge in [0.2, 0.25) is 0 Å². The zero-order chi connectivity index (χ0) is 12.9. The molecule has 17 heavy (non-hydrogen) atoms. The molecule has 1 rings (SSSR count). The lowest BCUT2D eigenvalue weighted by atomic mass is 10.2. The van der Waals surface area contributed by atoms with Gasteiger partial charge in [0.25, 0.3) is 5.19 Å². The number of nitrogens with zero attached hydrogens (tertiary/aromatic N) is 2. The third-order valence-electron chi connectivity index (χ3n) is 1.64. The second-order valence-corrected chi connectivity index (χ2v) is 4.91. The number of nitrogens with one attached hydrogen (secondary N) is 1. The van der Waals surface area contributed by atoms with Crippen LogP contribution < -0.4 is 10.1 Å². The Bertz CT molecular complexity index is 340. The van der Waals surface area contributed by atoms with Crippen molar-refractivity contribution in [1.82, 2.24) is 15.5 Å². The predicted molar refractivity (Wildman–Crippen MR) is 58.0 cm³/mol. The van der Waals surface area contributed by atoms with Gasteiger partial charge in [0.15, 0.2) is 6.61 Å². The maximum absolute atomic E-state index is 11.9. The first-order valence-corrected chi connectivity index (χ1v) is 5.91. The number of halogens is 3. The summed E-state index contributed by atoms with van der Waals surface area (Å²) >= 11 is 1.02. The molecule has 8 heteroatoms. The van der Waals surface area contributed by atoms with E-state index >= 15 is 0 Å². The molecule has 0 saturated carbocycles. The van der Waals surface area contributed by atoms with Crippen molar-refractivity contribution in [3.05, 3.63) is 5.01 Å². The highest BCUT2D eigenvalue weighted by molar-refractivity contribution is 7.13. The number of rotatable bonds is 6. The fraction of sp³-hybridized carbons (Fsp3) is 0.778. The lowest BCUT2D eigenvalue weighted by molar-refractivity contribution is -0.153. The summed E-state index contributed by atoms with van der Waals surface area (Å²) in [7, 11) is 0. The molecule has 98 valence electrons. The van der Waals surface area contributed by atoms with E-state index in [1.54, 1.807) is 0 Å². The van der Waals surface area contributed by atoms with Crippen molar-refractivity contribution in [1.29, 1.82) is 0 Å². The van der Waals surface area contributed by atoms with E-state index in [1.807, 2.05) is 0 Å². The highest BCUT2D eigenvalue weighted by Gasteiger charge is 2.29. The highest BCUT2D eigenvalue weighted by Crippen LogP contribution is 2.21. The Kier molecular flexibility index (Phi) is 5.13. The summed E-state index contributed by atoms with van der Waals surface area (Å²) in [5.74, 6) is 0.504. The van der Waals surface area contributed by atoms with Gasteiger partial charge in [-0.1, -0.05) is 25.2 Å². The molecule has 0 atom stereocenters. The van der Waals surface area contributed by atoms with E-state index in [-0.39, 0.29) is 5.19 Å². The molecule has 0 unspecified atom stereocenters. The van der Waals surface area contributed by atoms with Gasteiger partial charge in [0.1, 0.15) is 5.01 Å². The van der Waals surface area contributed by atoms with Crippen LogP contribution >= 0.6 is 11.3 Å². The first-order valence-electron chi connectivity index (χ1n) is 5.09. The largest absolute Gasteiger partial charge is 0.459 e. The second-order valence-electron chi connectivity index (χ2n) is 3.89. The molecule has 1 aromatic heterocycles. The van der Waals surface area contributed by atoms with Crippen LogP contribution in [-0.4, -0.2) is 29.5 Å². The minimum Gasteiger partial charge on any atom is -0.459 e. The van der Waals surface area contributed by atoms with E-state index in [0.29, 0.717) is 17.5 Å². The summed E-state index contributed by atoms with van der Waals surface area (Å²) in [6.07, 6.45) is -4.35. The molecular formula is C9H14F3N3OS. The molecule has 0 radical (unpaired) electrons. The van der Waals surface area contributed by atoms with E-state index in [9.17, 15) is 13.2 Å². The molecule has 0 aliphatic heterocycles. The maximum Gasteiger partial charge on any atom is 0.422 e. The maximum atomic E-state index is 11.9. The van der Waals surface area contributed by atoms with E-state index in [2.05, 4.69) is 34.1 Å². The van der Waals surface area contributed by atoms with Crippen molar-refractivity contribution in [2.45, 2.75) is 26.6 Å². The van der Waals surface area contributed by atoms with Gasteiger partial charge >= 0.3 is 6.18 Å². The van der Waals surface area contributed by atoms with Crippen LogP contribution in [0.1, 0.15) is 18.9 Å². The van der Waals surface area contributed by atoms with Crippen molar-refractivity contribution >= 4 is 11.3 Å². The first-order chi connectivity index (χ1) is 7.87. The van der Waals surface area contributed by atoms with Crippen molar-refractivity contribution < 1.29 is 17.9 Å². The van der Waals surface area contributed by atoms with Crippen molar-refractivity contribution in [3.63, 3.8) is 0 Å². The Labute approximate surface area is 101 Å². The topological polar surface area (TPSA) is 47.0 Å². The Morgan fingerprint density at radius 1 is 1.35 bits per heavy atom. The van der Waals surface area contributed by atoms with Crippen LogP contribution in [0.4, 0.5) is 13.2 Å². The van der Waals surface area contributed by atoms with Gasteiger partial charge in [-0.15, -0.1) is 10.2 Å².